The van der Waals surface area contributed by atoms with Gasteiger partial charge in [-0.2, -0.15) is 13.0 Å². The molecule has 0 bridgehead atoms. The molecule has 2 aliphatic rings. The van der Waals surface area contributed by atoms with Crippen molar-refractivity contribution in [1.82, 2.24) is 0 Å². The summed E-state index contributed by atoms with van der Waals surface area (Å²) in [6, 6.07) is 23.6. The zero-order chi connectivity index (χ0) is 39.7. The van der Waals surface area contributed by atoms with E-state index in [9.17, 15) is 32.8 Å². The fourth-order valence-electron chi connectivity index (χ4n) is 7.14. The third kappa shape index (κ3) is 8.05. The van der Waals surface area contributed by atoms with Crippen LogP contribution >= 0.6 is 12.0 Å². The van der Waals surface area contributed by atoms with Crippen molar-refractivity contribution in [1.29, 1.82) is 0 Å². The molecular formula is C41H39N2O10S2+. The lowest BCUT2D eigenvalue weighted by Gasteiger charge is -2.27. The maximum absolute atomic E-state index is 12.1. The monoisotopic (exact) mass is 783 g/mol. The molecule has 2 heterocycles. The summed E-state index contributed by atoms with van der Waals surface area (Å²) in [5, 5.41) is 31.3. The van der Waals surface area contributed by atoms with Gasteiger partial charge in [0, 0.05) is 51.5 Å². The Hall–Kier alpha value is -5.35. The summed E-state index contributed by atoms with van der Waals surface area (Å²) in [6.07, 6.45) is 9.70. The predicted octanol–water partition coefficient (Wildman–Crippen LogP) is 8.33. The van der Waals surface area contributed by atoms with E-state index in [2.05, 4.69) is 32.7 Å². The van der Waals surface area contributed by atoms with E-state index in [1.54, 1.807) is 54.6 Å². The highest BCUT2D eigenvalue weighted by Crippen LogP contribution is 2.49. The Bertz CT molecular complexity index is 2400. The van der Waals surface area contributed by atoms with Gasteiger partial charge in [-0.25, -0.2) is 14.8 Å². The summed E-state index contributed by atoms with van der Waals surface area (Å²) in [7, 11) is -4.45. The fraction of sp³-hybridized carbons (Fsp3) is 0.195. The van der Waals surface area contributed by atoms with Crippen LogP contribution in [0.2, 0.25) is 0 Å². The number of rotatable bonds is 13. The average molecular weight is 784 g/mol. The molecule has 4 aromatic carbocycles. The van der Waals surface area contributed by atoms with Crippen molar-refractivity contribution >= 4 is 51.2 Å². The number of benzene rings is 4. The summed E-state index contributed by atoms with van der Waals surface area (Å²) < 4.78 is 40.9. The lowest BCUT2D eigenvalue weighted by molar-refractivity contribution is -0.455. The van der Waals surface area contributed by atoms with Crippen LogP contribution in [0.1, 0.15) is 70.7 Å². The van der Waals surface area contributed by atoms with Gasteiger partial charge in [-0.15, -0.1) is 4.33 Å². The summed E-state index contributed by atoms with van der Waals surface area (Å²) in [4.78, 5) is 25.5. The molecule has 14 heteroatoms. The van der Waals surface area contributed by atoms with E-state index >= 15 is 0 Å². The lowest BCUT2D eigenvalue weighted by Crippen LogP contribution is -2.27. The Morgan fingerprint density at radius 3 is 2.04 bits per heavy atom. The molecule has 0 saturated heterocycles. The van der Waals surface area contributed by atoms with Crippen LogP contribution in [-0.2, 0) is 43.4 Å². The van der Waals surface area contributed by atoms with Gasteiger partial charge in [0.2, 0.25) is 5.69 Å². The van der Waals surface area contributed by atoms with E-state index in [1.807, 2.05) is 62.4 Å². The minimum Gasteiger partial charge on any atom is -0.478 e. The predicted molar refractivity (Wildman–Crippen MR) is 207 cm³/mol. The average Bonchev–Trinajstić information content (AvgIpc) is 3.48. The molecule has 0 amide bonds. The molecule has 2 aliphatic heterocycles. The van der Waals surface area contributed by atoms with Gasteiger partial charge in [-0.1, -0.05) is 61.4 Å². The summed E-state index contributed by atoms with van der Waals surface area (Å²) in [6.45, 7) is 8.99. The van der Waals surface area contributed by atoms with Gasteiger partial charge in [-0.3, -0.25) is 4.55 Å². The maximum atomic E-state index is 12.1. The van der Waals surface area contributed by atoms with Crippen molar-refractivity contribution in [2.45, 2.75) is 61.4 Å². The Labute approximate surface area is 322 Å². The van der Waals surface area contributed by atoms with Gasteiger partial charge >= 0.3 is 11.9 Å². The number of anilines is 1. The number of fused-ring (bicyclic) bond motifs is 2. The number of nitrogens with zero attached hydrogens (tertiary/aromatic N) is 2. The quantitative estimate of drug-likeness (QED) is 0.0255. The van der Waals surface area contributed by atoms with E-state index in [0.717, 1.165) is 56.4 Å². The number of hydrogen-bond donors (Lipinski definition) is 4. The molecule has 0 radical (unpaired) electrons. The Morgan fingerprint density at radius 1 is 0.800 bits per heavy atom. The zero-order valence-electron chi connectivity index (χ0n) is 30.3. The molecule has 0 fully saturated rings. The van der Waals surface area contributed by atoms with E-state index in [4.69, 9.17) is 5.26 Å². The number of carbonyl (C=O) groups is 2. The summed E-state index contributed by atoms with van der Waals surface area (Å²) >= 11 is 0.873. The molecule has 6 rings (SSSR count). The normalized spacial score (nSPS) is 16.7. The third-order valence-electron chi connectivity index (χ3n) is 10.00. The first-order valence-corrected chi connectivity index (χ1v) is 19.2. The van der Waals surface area contributed by atoms with Gasteiger partial charge in [0.1, 0.15) is 0 Å². The van der Waals surface area contributed by atoms with E-state index < -0.39 is 32.9 Å². The summed E-state index contributed by atoms with van der Waals surface area (Å²) in [5.74, 6) is -2.02. The van der Waals surface area contributed by atoms with Crippen LogP contribution in [0.3, 0.4) is 0 Å². The molecule has 0 aromatic heterocycles. The molecule has 0 aliphatic carbocycles. The van der Waals surface area contributed by atoms with Gasteiger partial charge in [-0.05, 0) is 85.6 Å². The topological polar surface area (TPSA) is 174 Å². The van der Waals surface area contributed by atoms with Crippen LogP contribution in [0, 0.1) is 0 Å². The number of carboxylic acid groups (broad SMARTS) is 2. The van der Waals surface area contributed by atoms with E-state index in [1.165, 1.54) is 12.1 Å². The molecule has 4 N–H and O–H groups in total. The standard InChI is InChI=1S/C41H38N2O10S2/c1-40(2)32-22-30(54-53-52-48)18-20-34(32)42(24-26-10-14-28(15-11-26)38(44)45)36(40)8-6-5-7-9-37-41(3,4)33-23-31(55(49,50)51)19-21-35(33)43(37)25-27-12-16-29(17-13-27)39(46)47/h5-23H,24-25H2,1-4H3,(H3-,44,45,46,47,48,49,50,51)/p+1. The van der Waals surface area contributed by atoms with Crippen molar-refractivity contribution in [2.75, 3.05) is 4.90 Å². The minimum atomic E-state index is -4.45. The molecule has 284 valence electrons. The Morgan fingerprint density at radius 2 is 1.44 bits per heavy atom. The van der Waals surface area contributed by atoms with Crippen LogP contribution in [0.4, 0.5) is 11.4 Å². The molecule has 0 spiro atoms. The Kier molecular flexibility index (Phi) is 11.0. The number of allylic oxidation sites excluding steroid dienone is 6. The number of hydrogen-bond acceptors (Lipinski definition) is 9. The summed E-state index contributed by atoms with van der Waals surface area (Å²) in [5.41, 5.74) is 6.22. The van der Waals surface area contributed by atoms with Crippen molar-refractivity contribution in [3.8, 4) is 0 Å². The second-order valence-corrected chi connectivity index (χ2v) is 16.4. The zero-order valence-corrected chi connectivity index (χ0v) is 32.0. The largest absolute Gasteiger partial charge is 0.478 e. The molecule has 55 heavy (non-hydrogen) atoms. The van der Waals surface area contributed by atoms with Gasteiger partial charge in [0.05, 0.1) is 33.5 Å². The van der Waals surface area contributed by atoms with Gasteiger partial charge in [0.15, 0.2) is 12.3 Å². The van der Waals surface area contributed by atoms with E-state index in [0.29, 0.717) is 18.7 Å². The lowest BCUT2D eigenvalue weighted by atomic mass is 9.81. The van der Waals surface area contributed by atoms with Crippen molar-refractivity contribution in [2.24, 2.45) is 0 Å². The highest BCUT2D eigenvalue weighted by atomic mass is 32.2. The maximum Gasteiger partial charge on any atom is 0.335 e. The van der Waals surface area contributed by atoms with Gasteiger partial charge in [0.25, 0.3) is 10.1 Å². The van der Waals surface area contributed by atoms with Crippen LogP contribution in [0.5, 0.6) is 0 Å². The van der Waals surface area contributed by atoms with Crippen LogP contribution in [0.15, 0.2) is 131 Å². The molecule has 4 aromatic rings. The van der Waals surface area contributed by atoms with Crippen LogP contribution < -0.4 is 4.90 Å². The first-order valence-electron chi connectivity index (χ1n) is 17.1. The van der Waals surface area contributed by atoms with Gasteiger partial charge < -0.3 is 15.1 Å². The number of carboxylic acids is 2. The van der Waals surface area contributed by atoms with Crippen LogP contribution in [-0.4, -0.2) is 50.7 Å². The van der Waals surface area contributed by atoms with Crippen molar-refractivity contribution in [3.05, 3.63) is 154 Å². The van der Waals surface area contributed by atoms with E-state index in [-0.39, 0.29) is 16.0 Å². The minimum absolute atomic E-state index is 0.167. The third-order valence-corrected chi connectivity index (χ3v) is 11.4. The SMILES string of the molecule is CC1(C)C(/C=C/C=C/C=C2/N(Cc3ccc(C(=O)O)cc3)c3ccc(S(=O)(=O)O)cc3C2(C)C)=[N+](Cc2ccc(C(=O)O)cc2)c2ccc(SOOO)cc21. The fourth-order valence-corrected chi connectivity index (χ4v) is 8.05. The van der Waals surface area contributed by atoms with Crippen LogP contribution in [0.25, 0.3) is 0 Å². The number of aromatic carboxylic acids is 2. The molecule has 0 saturated carbocycles. The Balaban J connectivity index is 1.36. The smallest absolute Gasteiger partial charge is 0.335 e. The highest BCUT2D eigenvalue weighted by Gasteiger charge is 2.45. The first-order chi connectivity index (χ1) is 26.0. The second-order valence-electron chi connectivity index (χ2n) is 14.2. The van der Waals surface area contributed by atoms with Crippen molar-refractivity contribution in [3.63, 3.8) is 0 Å². The molecule has 0 unspecified atom stereocenters. The molecule has 12 nitrogen and oxygen atoms in total. The highest BCUT2D eigenvalue weighted by molar-refractivity contribution is 7.94. The molecular weight excluding hydrogens is 745 g/mol. The first kappa shape index (κ1) is 39.3. The second kappa shape index (κ2) is 15.4. The molecule has 0 atom stereocenters. The van der Waals surface area contributed by atoms with Crippen molar-refractivity contribution < 1.29 is 52.0 Å².